The molecule has 2 aromatic heterocycles. The van der Waals surface area contributed by atoms with Crippen LogP contribution >= 0.6 is 9.24 Å². The van der Waals surface area contributed by atoms with Crippen molar-refractivity contribution in [1.29, 1.82) is 0 Å². The Labute approximate surface area is 396 Å². The molecule has 3 heterocycles. The van der Waals surface area contributed by atoms with Gasteiger partial charge in [-0.05, 0) is 78.1 Å². The van der Waals surface area contributed by atoms with Crippen LogP contribution in [0.4, 0.5) is 9.18 Å². The number of halogens is 1. The summed E-state index contributed by atoms with van der Waals surface area (Å²) in [7, 11) is 6.68. The average molecular weight is 940 g/mol. The summed E-state index contributed by atoms with van der Waals surface area (Å²) < 4.78 is 25.4. The SMILES string of the molecule is C#C.CCC.CCC.CCCN(Cc1ncc(-c2ccc3c(c2)C(F)(P)c2cc(-c4ccc5nc([C@@H]6[C@H]7CC[C@H](C7)N6C(=O)CN(C)N)[nH]c5c4)ccc2-3)[nH]1)C(=O)CNC(=O)OC.COC=O. The standard InChI is InChI=1S/C40H45FN9O4P.2C3H8.C2H4O2.C2H2/c1-4-13-49(35(51)19-44-39(53)54-3)20-34-43-18-33(45-34)24-7-11-28-27-10-6-22(15-29(27)40(41,55)30(28)16-24)23-8-12-31-32(17-23)47-38(46-31)37-25-5-9-26(14-25)50(37)36(52)21-48(2)42;2*1-3-2;1-4-2-3;1-2/h6-8,10-12,15-18,25-26,37H,4-5,9,13-14,19-21,42,55H2,1-3H3,(H,43,45)(H,44,53)(H,46,47);2*3H2,1-2H3;2H,1H3;1-2H/t25-,26+,37-,40?;;;;/m0..../s1. The zero-order chi connectivity index (χ0) is 49.4. The number of carbonyl (C=O) groups is 4. The molecule has 1 saturated carbocycles. The summed E-state index contributed by atoms with van der Waals surface area (Å²) >= 11 is 0. The second-order valence-electron chi connectivity index (χ2n) is 16.6. The molecule has 67 heavy (non-hydrogen) atoms. The highest BCUT2D eigenvalue weighted by Gasteiger charge is 2.50. The summed E-state index contributed by atoms with van der Waals surface area (Å²) in [5.41, 5.74) is 7.70. The molecule has 5 N–H and O–H groups in total. The van der Waals surface area contributed by atoms with Crippen LogP contribution in [0.1, 0.15) is 102 Å². The quantitative estimate of drug-likeness (QED) is 0.0310. The Morgan fingerprint density at radius 3 is 2.16 bits per heavy atom. The minimum Gasteiger partial charge on any atom is -0.471 e. The zero-order valence-corrected chi connectivity index (χ0v) is 41.2. The van der Waals surface area contributed by atoms with Crippen molar-refractivity contribution < 1.29 is 33.0 Å². The van der Waals surface area contributed by atoms with Crippen LogP contribution in [0.2, 0.25) is 0 Å². The number of hydrogen-bond acceptors (Lipinski definition) is 10. The van der Waals surface area contributed by atoms with E-state index in [9.17, 15) is 14.4 Å². The van der Waals surface area contributed by atoms with Crippen molar-refractivity contribution in [3.63, 3.8) is 0 Å². The van der Waals surface area contributed by atoms with Gasteiger partial charge in [-0.25, -0.2) is 24.2 Å². The molecule has 1 saturated heterocycles. The van der Waals surface area contributed by atoms with Gasteiger partial charge in [0.05, 0.1) is 56.3 Å². The van der Waals surface area contributed by atoms with E-state index in [2.05, 4.69) is 79.5 Å². The smallest absolute Gasteiger partial charge is 0.407 e. The number of nitrogens with zero attached hydrogens (tertiary/aromatic N) is 5. The first-order chi connectivity index (χ1) is 32.2. The van der Waals surface area contributed by atoms with E-state index in [0.717, 1.165) is 70.4 Å². The molecule has 0 spiro atoms. The molecular formula is C50H67FN9O6P. The number of alkyl carbamates (subject to hydrolysis) is 1. The van der Waals surface area contributed by atoms with Crippen LogP contribution in [0.5, 0.6) is 0 Å². The number of H-pyrrole nitrogens is 2. The highest BCUT2D eigenvalue weighted by Crippen LogP contribution is 2.55. The van der Waals surface area contributed by atoms with E-state index in [-0.39, 0.29) is 43.5 Å². The third kappa shape index (κ3) is 12.7. The van der Waals surface area contributed by atoms with E-state index in [0.29, 0.717) is 41.6 Å². The third-order valence-electron chi connectivity index (χ3n) is 11.3. The normalized spacial score (nSPS) is 18.1. The highest BCUT2D eigenvalue weighted by molar-refractivity contribution is 7.18. The zero-order valence-electron chi connectivity index (χ0n) is 40.0. The van der Waals surface area contributed by atoms with Crippen molar-refractivity contribution in [2.75, 3.05) is 40.9 Å². The number of methoxy groups -OCH3 is 2. The van der Waals surface area contributed by atoms with Crippen LogP contribution in [-0.2, 0) is 35.8 Å². The Morgan fingerprint density at radius 2 is 1.57 bits per heavy atom. The number of aromatic amines is 2. The monoisotopic (exact) mass is 939 g/mol. The summed E-state index contributed by atoms with van der Waals surface area (Å²) in [5, 5.41) is 2.02. The number of alkyl halides is 1. The fraction of sp³-hybridized carbons (Fsp3) is 0.440. The third-order valence-corrected chi connectivity index (χ3v) is 11.9. The van der Waals surface area contributed by atoms with Crippen LogP contribution in [0.15, 0.2) is 60.8 Å². The van der Waals surface area contributed by atoms with Crippen molar-refractivity contribution in [2.45, 2.75) is 97.2 Å². The molecule has 17 heteroatoms. The van der Waals surface area contributed by atoms with Crippen LogP contribution < -0.4 is 11.2 Å². The Morgan fingerprint density at radius 1 is 0.970 bits per heavy atom. The van der Waals surface area contributed by atoms with Crippen LogP contribution in [0, 0.1) is 18.8 Å². The lowest BCUT2D eigenvalue weighted by molar-refractivity contribution is -0.137. The molecule has 2 aliphatic carbocycles. The molecule has 1 aliphatic heterocycles. The van der Waals surface area contributed by atoms with E-state index in [1.807, 2.05) is 66.4 Å². The Balaban J connectivity index is 0.000000741. The van der Waals surface area contributed by atoms with Gasteiger partial charge < -0.3 is 34.6 Å². The number of imidazole rings is 2. The van der Waals surface area contributed by atoms with E-state index in [1.54, 1.807) is 18.1 Å². The highest BCUT2D eigenvalue weighted by atomic mass is 31.0. The van der Waals surface area contributed by atoms with Gasteiger partial charge in [0, 0.05) is 36.3 Å². The lowest BCUT2D eigenvalue weighted by Gasteiger charge is -2.34. The van der Waals surface area contributed by atoms with E-state index in [1.165, 1.54) is 32.1 Å². The Bertz CT molecular complexity index is 2470. The van der Waals surface area contributed by atoms with E-state index >= 15 is 4.39 Å². The number of likely N-dealkylation sites (tertiary alicyclic amines) is 1. The molecule has 0 radical (unpaired) electrons. The number of fused-ring (bicyclic) bond motifs is 6. The minimum atomic E-state index is -1.84. The molecule has 3 aliphatic rings. The molecule has 5 atom stereocenters. The lowest BCUT2D eigenvalue weighted by atomic mass is 9.98. The predicted octanol–water partition coefficient (Wildman–Crippen LogP) is 8.47. The molecule has 3 amide bonds. The fourth-order valence-electron chi connectivity index (χ4n) is 8.66. The maximum absolute atomic E-state index is 17.0. The molecule has 15 nitrogen and oxygen atoms in total. The van der Waals surface area contributed by atoms with Gasteiger partial charge in [-0.1, -0.05) is 87.0 Å². The number of terminal acetylenes is 1. The number of amides is 3. The van der Waals surface area contributed by atoms with E-state index < -0.39 is 11.5 Å². The van der Waals surface area contributed by atoms with Crippen molar-refractivity contribution in [1.82, 2.24) is 40.1 Å². The van der Waals surface area contributed by atoms with Gasteiger partial charge in [0.2, 0.25) is 11.8 Å². The minimum absolute atomic E-state index is 0.0194. The number of nitrogens with two attached hydrogens (primary N) is 1. The van der Waals surface area contributed by atoms with Gasteiger partial charge >= 0.3 is 6.09 Å². The summed E-state index contributed by atoms with van der Waals surface area (Å²) in [6.45, 7) is 11.5. The summed E-state index contributed by atoms with van der Waals surface area (Å²) in [6, 6.07) is 17.8. The first-order valence-corrected chi connectivity index (χ1v) is 23.2. The number of rotatable bonds is 12. The Hall–Kier alpha value is -6.14. The number of likely N-dealkylation sites (N-methyl/N-ethyl adjacent to an activating group) is 1. The van der Waals surface area contributed by atoms with Gasteiger partial charge in [-0.3, -0.25) is 20.2 Å². The lowest BCUT2D eigenvalue weighted by Crippen LogP contribution is -2.46. The first kappa shape index (κ1) is 53.5. The Kier molecular flexibility index (Phi) is 20.0. The topological polar surface area (TPSA) is 192 Å². The maximum atomic E-state index is 17.0. The average Bonchev–Trinajstić information content (AvgIpc) is 4.18. The van der Waals surface area contributed by atoms with Crippen molar-refractivity contribution in [2.24, 2.45) is 11.8 Å². The molecule has 2 bridgehead atoms. The van der Waals surface area contributed by atoms with Crippen molar-refractivity contribution in [3.05, 3.63) is 83.6 Å². The number of nitrogens with one attached hydrogen (secondary N) is 3. The second kappa shape index (κ2) is 25.1. The number of aromatic nitrogens is 4. The van der Waals surface area contributed by atoms with Crippen molar-refractivity contribution in [3.8, 4) is 46.4 Å². The molecule has 360 valence electrons. The van der Waals surface area contributed by atoms with Gasteiger partial charge in [-0.2, -0.15) is 0 Å². The van der Waals surface area contributed by atoms with Gasteiger partial charge in [0.15, 0.2) is 5.41 Å². The van der Waals surface area contributed by atoms with Gasteiger partial charge in [-0.15, -0.1) is 12.8 Å². The predicted molar refractivity (Wildman–Crippen MR) is 265 cm³/mol. The number of ether oxygens (including phenoxy) is 2. The fourth-order valence-corrected chi connectivity index (χ4v) is 9.14. The summed E-state index contributed by atoms with van der Waals surface area (Å²) in [4.78, 5) is 66.3. The van der Waals surface area contributed by atoms with Crippen molar-refractivity contribution >= 4 is 44.7 Å². The molecule has 5 aromatic rings. The van der Waals surface area contributed by atoms with Gasteiger partial charge in [0.1, 0.15) is 18.2 Å². The molecule has 3 aromatic carbocycles. The largest absolute Gasteiger partial charge is 0.471 e. The van der Waals surface area contributed by atoms with E-state index in [4.69, 9.17) is 15.6 Å². The van der Waals surface area contributed by atoms with Gasteiger partial charge in [0.25, 0.3) is 6.47 Å². The summed E-state index contributed by atoms with van der Waals surface area (Å²) in [5.74, 6) is 7.33. The maximum Gasteiger partial charge on any atom is 0.407 e. The second-order valence-corrected chi connectivity index (χ2v) is 17.4. The number of piperidine rings is 1. The molecular weight excluding hydrogens is 873 g/mol. The number of hydrazine groups is 1. The number of carbonyl (C=O) groups excluding carboxylic acids is 4. The summed E-state index contributed by atoms with van der Waals surface area (Å²) in [6.07, 6.45) is 15.3. The number of hydrogen-bond donors (Lipinski definition) is 4. The first-order valence-electron chi connectivity index (χ1n) is 22.7. The van der Waals surface area contributed by atoms with Crippen LogP contribution in [0.25, 0.3) is 44.5 Å². The number of benzene rings is 3. The van der Waals surface area contributed by atoms with Crippen LogP contribution in [-0.4, -0.2) is 106 Å². The molecule has 2 unspecified atom stereocenters. The molecule has 8 rings (SSSR count). The van der Waals surface area contributed by atoms with Crippen LogP contribution in [0.3, 0.4) is 0 Å². The molecule has 2 fully saturated rings.